The van der Waals surface area contributed by atoms with E-state index < -0.39 is 0 Å². The molecule has 1 amide bonds. The molecule has 2 rings (SSSR count). The molecule has 0 spiro atoms. The predicted molar refractivity (Wildman–Crippen MR) is 91.6 cm³/mol. The maximum absolute atomic E-state index is 12.2. The van der Waals surface area contributed by atoms with E-state index in [1.54, 1.807) is 0 Å². The molecule has 1 aliphatic heterocycles. The quantitative estimate of drug-likeness (QED) is 0.720. The number of ether oxygens (including phenoxy) is 1. The van der Waals surface area contributed by atoms with Gasteiger partial charge >= 0.3 is 0 Å². The Labute approximate surface area is 138 Å². The topological polar surface area (TPSA) is 61.8 Å². The van der Waals surface area contributed by atoms with Gasteiger partial charge in [-0.2, -0.15) is 0 Å². The fraction of sp³-hybridized carbons (Fsp3) is 0.611. The Morgan fingerprint density at radius 1 is 1.35 bits per heavy atom. The van der Waals surface area contributed by atoms with Gasteiger partial charge in [0, 0.05) is 32.0 Å². The van der Waals surface area contributed by atoms with Crippen LogP contribution in [0.2, 0.25) is 0 Å². The number of amides is 1. The molecule has 1 saturated heterocycles. The molecule has 5 heteroatoms. The van der Waals surface area contributed by atoms with Gasteiger partial charge in [-0.25, -0.2) is 0 Å². The van der Waals surface area contributed by atoms with E-state index >= 15 is 0 Å². The van der Waals surface area contributed by atoms with Crippen LogP contribution in [0.4, 0.5) is 5.69 Å². The summed E-state index contributed by atoms with van der Waals surface area (Å²) in [6, 6.07) is 7.95. The number of aliphatic hydroxyl groups is 1. The van der Waals surface area contributed by atoms with Crippen molar-refractivity contribution < 1.29 is 14.6 Å². The number of nitrogens with zero attached hydrogens (tertiary/aromatic N) is 1. The van der Waals surface area contributed by atoms with Crippen LogP contribution < -0.4 is 5.32 Å². The minimum atomic E-state index is 0.0468. The van der Waals surface area contributed by atoms with Crippen molar-refractivity contribution in [3.8, 4) is 0 Å². The second-order valence-electron chi connectivity index (χ2n) is 5.98. The van der Waals surface area contributed by atoms with Crippen molar-refractivity contribution in [3.05, 3.63) is 29.8 Å². The minimum absolute atomic E-state index is 0.0468. The summed E-state index contributed by atoms with van der Waals surface area (Å²) in [5.74, 6) is 0.0468. The van der Waals surface area contributed by atoms with E-state index in [0.29, 0.717) is 19.6 Å². The van der Waals surface area contributed by atoms with Crippen molar-refractivity contribution in [1.29, 1.82) is 0 Å². The molecule has 1 fully saturated rings. The van der Waals surface area contributed by atoms with E-state index in [-0.39, 0.29) is 18.6 Å². The number of hydrogen-bond donors (Lipinski definition) is 2. The Morgan fingerprint density at radius 2 is 2.09 bits per heavy atom. The molecule has 0 aromatic heterocycles. The average molecular weight is 320 g/mol. The summed E-state index contributed by atoms with van der Waals surface area (Å²) in [6.45, 7) is 5.08. The van der Waals surface area contributed by atoms with Crippen LogP contribution in [0.5, 0.6) is 0 Å². The van der Waals surface area contributed by atoms with Crippen LogP contribution in [0.3, 0.4) is 0 Å². The van der Waals surface area contributed by atoms with Crippen LogP contribution in [-0.2, 0) is 16.0 Å². The molecule has 1 aliphatic rings. The van der Waals surface area contributed by atoms with Crippen LogP contribution in [0.1, 0.15) is 31.7 Å². The third kappa shape index (κ3) is 5.94. The molecule has 128 valence electrons. The Kier molecular flexibility index (Phi) is 7.52. The van der Waals surface area contributed by atoms with Crippen molar-refractivity contribution in [3.63, 3.8) is 0 Å². The van der Waals surface area contributed by atoms with Gasteiger partial charge in [0.1, 0.15) is 0 Å². The zero-order valence-electron chi connectivity index (χ0n) is 14.0. The number of benzene rings is 1. The van der Waals surface area contributed by atoms with Gasteiger partial charge in [0.15, 0.2) is 0 Å². The number of carbonyl (C=O) groups is 1. The maximum Gasteiger partial charge on any atom is 0.238 e. The summed E-state index contributed by atoms with van der Waals surface area (Å²) in [6.07, 6.45) is 3.77. The minimum Gasteiger partial charge on any atom is -0.396 e. The lowest BCUT2D eigenvalue weighted by atomic mass is 10.1. The lowest BCUT2D eigenvalue weighted by molar-refractivity contribution is -0.118. The van der Waals surface area contributed by atoms with Crippen LogP contribution in [0.25, 0.3) is 0 Å². The van der Waals surface area contributed by atoms with Crippen LogP contribution in [0, 0.1) is 0 Å². The van der Waals surface area contributed by atoms with Crippen LogP contribution in [0.15, 0.2) is 24.3 Å². The molecule has 0 aliphatic carbocycles. The second kappa shape index (κ2) is 9.65. The number of aryl methyl sites for hydroxylation is 1. The van der Waals surface area contributed by atoms with Gasteiger partial charge in [-0.05, 0) is 37.3 Å². The van der Waals surface area contributed by atoms with Gasteiger partial charge in [0.2, 0.25) is 5.91 Å². The van der Waals surface area contributed by atoms with Crippen molar-refractivity contribution in [2.45, 2.75) is 38.7 Å². The first kappa shape index (κ1) is 17.9. The highest BCUT2D eigenvalue weighted by Crippen LogP contribution is 2.17. The fourth-order valence-electron chi connectivity index (χ4n) is 2.89. The van der Waals surface area contributed by atoms with Crippen molar-refractivity contribution in [2.24, 2.45) is 0 Å². The molecule has 0 radical (unpaired) electrons. The lowest BCUT2D eigenvalue weighted by Crippen LogP contribution is -2.41. The highest BCUT2D eigenvalue weighted by atomic mass is 16.5. The van der Waals surface area contributed by atoms with Gasteiger partial charge in [0.25, 0.3) is 0 Å². The standard InChI is InChI=1S/C18H28N2O3/c1-2-15-6-3-4-7-17(15)19-18(22)14-20-10-8-16(9-11-20)23-13-5-12-21/h3-4,6-7,16,21H,2,5,8-14H2,1H3,(H,19,22). The highest BCUT2D eigenvalue weighted by molar-refractivity contribution is 5.93. The van der Waals surface area contributed by atoms with Gasteiger partial charge in [-0.15, -0.1) is 0 Å². The third-order valence-corrected chi connectivity index (χ3v) is 4.23. The normalized spacial score (nSPS) is 16.4. The molecule has 2 N–H and O–H groups in total. The van der Waals surface area contributed by atoms with E-state index in [1.165, 1.54) is 0 Å². The number of anilines is 1. The van der Waals surface area contributed by atoms with Gasteiger partial charge in [0.05, 0.1) is 12.6 Å². The Balaban J connectivity index is 1.72. The van der Waals surface area contributed by atoms with Crippen LogP contribution in [-0.4, -0.2) is 54.9 Å². The monoisotopic (exact) mass is 320 g/mol. The molecule has 1 aromatic rings. The van der Waals surface area contributed by atoms with Gasteiger partial charge < -0.3 is 15.2 Å². The summed E-state index contributed by atoms with van der Waals surface area (Å²) >= 11 is 0. The number of carbonyl (C=O) groups excluding carboxylic acids is 1. The summed E-state index contributed by atoms with van der Waals surface area (Å²) in [5.41, 5.74) is 2.08. The average Bonchev–Trinajstić information content (AvgIpc) is 2.57. The number of para-hydroxylation sites is 1. The number of likely N-dealkylation sites (tertiary alicyclic amines) is 1. The lowest BCUT2D eigenvalue weighted by Gasteiger charge is -2.31. The molecule has 1 aromatic carbocycles. The summed E-state index contributed by atoms with van der Waals surface area (Å²) in [4.78, 5) is 14.4. The second-order valence-corrected chi connectivity index (χ2v) is 5.98. The third-order valence-electron chi connectivity index (χ3n) is 4.23. The van der Waals surface area contributed by atoms with E-state index in [2.05, 4.69) is 17.1 Å². The van der Waals surface area contributed by atoms with Gasteiger partial charge in [-0.3, -0.25) is 9.69 Å². The fourth-order valence-corrected chi connectivity index (χ4v) is 2.89. The Bertz CT molecular complexity index is 485. The first-order valence-electron chi connectivity index (χ1n) is 8.55. The maximum atomic E-state index is 12.2. The number of piperidine rings is 1. The molecular weight excluding hydrogens is 292 g/mol. The molecular formula is C18H28N2O3. The SMILES string of the molecule is CCc1ccccc1NC(=O)CN1CCC(OCCCO)CC1. The van der Waals surface area contributed by atoms with Crippen molar-refractivity contribution in [1.82, 2.24) is 4.90 Å². The van der Waals surface area contributed by atoms with E-state index in [1.807, 2.05) is 24.3 Å². The van der Waals surface area contributed by atoms with Crippen molar-refractivity contribution in [2.75, 3.05) is 38.2 Å². The summed E-state index contributed by atoms with van der Waals surface area (Å²) < 4.78 is 5.72. The molecule has 0 atom stereocenters. The summed E-state index contributed by atoms with van der Waals surface area (Å²) in [5, 5.41) is 11.8. The predicted octanol–water partition coefficient (Wildman–Crippen LogP) is 2.05. The molecule has 1 heterocycles. The van der Waals surface area contributed by atoms with Crippen molar-refractivity contribution >= 4 is 11.6 Å². The van der Waals surface area contributed by atoms with E-state index in [9.17, 15) is 4.79 Å². The molecule has 23 heavy (non-hydrogen) atoms. The molecule has 5 nitrogen and oxygen atoms in total. The number of aliphatic hydroxyl groups excluding tert-OH is 1. The van der Waals surface area contributed by atoms with Gasteiger partial charge in [-0.1, -0.05) is 25.1 Å². The molecule has 0 unspecified atom stereocenters. The van der Waals surface area contributed by atoms with E-state index in [0.717, 1.165) is 43.6 Å². The van der Waals surface area contributed by atoms with E-state index in [4.69, 9.17) is 9.84 Å². The molecule has 0 bridgehead atoms. The highest BCUT2D eigenvalue weighted by Gasteiger charge is 2.21. The first-order valence-corrected chi connectivity index (χ1v) is 8.55. The smallest absolute Gasteiger partial charge is 0.238 e. The molecule has 0 saturated carbocycles. The Morgan fingerprint density at radius 3 is 2.78 bits per heavy atom. The number of rotatable bonds is 8. The Hall–Kier alpha value is -1.43. The number of nitrogens with one attached hydrogen (secondary N) is 1. The number of hydrogen-bond acceptors (Lipinski definition) is 4. The zero-order chi connectivity index (χ0) is 16.5. The summed E-state index contributed by atoms with van der Waals surface area (Å²) in [7, 11) is 0. The first-order chi connectivity index (χ1) is 11.2. The van der Waals surface area contributed by atoms with Crippen LogP contribution >= 0.6 is 0 Å². The zero-order valence-corrected chi connectivity index (χ0v) is 14.0. The largest absolute Gasteiger partial charge is 0.396 e.